The maximum absolute atomic E-state index is 7.29. The number of rotatable bonds is 30. The summed E-state index contributed by atoms with van der Waals surface area (Å²) in [6.45, 7) is -0.291. The van der Waals surface area contributed by atoms with Crippen molar-refractivity contribution in [3.63, 3.8) is 0 Å². The molecule has 118 heavy (non-hydrogen) atoms. The molecule has 30 saturated heterocycles. The molecule has 0 radical (unpaired) electrons. The van der Waals surface area contributed by atoms with E-state index in [1.807, 2.05) is 24.3 Å². The van der Waals surface area contributed by atoms with E-state index < -0.39 is 246 Å². The molecule has 40 heteroatoms. The first-order valence-corrected chi connectivity index (χ1v) is 39.6. The third-order valence-electron chi connectivity index (χ3n) is 23.5. The van der Waals surface area contributed by atoms with Crippen LogP contribution < -0.4 is 0 Å². The maximum atomic E-state index is 7.29. The SMILES string of the molecule is COC[C@H]1O[C@@H]2O[C@H]3[C@H](OC)[C@@H](OC)[C@@H](O[C@H]4[C@H](OC)[C@@H](OC)[C@@H](O[C@H]5[C@H](OC)[C@@H](OC)[C@@H](O[C@H]6[C@@H]7OCc8ccccc8CO[C@H]7[C@@H](O[C@H]7[C@H](OC)[C@@H](OC)[C@@H](O[C@H]8[C@H](OC)[C@@H](OC)[C@@H](O[C@H]9[C@H](OC)[C@@H](OC)[C@@H](O[C@H]1[C@H](OC)[C@H]2OC)O[C@@H]9COC)O[C@@H]8COC)O[C@@H]7COC)O[C@@H]6COC)O[C@@H]5COC)O[C@@H]4COC)O[C@@H]3COC. The zero-order valence-corrected chi connectivity index (χ0v) is 71.8. The Kier molecular flexibility index (Phi) is 38.3. The van der Waals surface area contributed by atoms with Gasteiger partial charge in [0.05, 0.1) is 66.1 Å². The minimum atomic E-state index is -1.28. The van der Waals surface area contributed by atoms with Crippen LogP contribution in [0.15, 0.2) is 24.3 Å². The van der Waals surface area contributed by atoms with Gasteiger partial charge in [-0.1, -0.05) is 24.3 Å². The molecule has 0 unspecified atom stereocenters. The fraction of sp³-hybridized carbons (Fsp3) is 0.923. The van der Waals surface area contributed by atoms with Crippen LogP contribution in [0.1, 0.15) is 11.1 Å². The summed E-state index contributed by atoms with van der Waals surface area (Å²) in [5, 5.41) is 0. The summed E-state index contributed by atoms with van der Waals surface area (Å²) in [6.07, 6.45) is -42.7. The van der Waals surface area contributed by atoms with E-state index in [1.54, 1.807) is 0 Å². The standard InChI is InChI=1S/C78H130O40/c1-79-29-39-47-55(87-9)63(94-16)71(103-39)112-48-40(30-80-2)105-73(65(96-18)56(48)88-10)114-50-42(32-82-4)107-75(67(98-20)58(50)90-12)116-52-44(34-84-6)109-77(69(100-22)60(52)92-14)118-54-46(36-86-8)110-78(70-62(54)101-27-37-25-23-24-26-38(37)28-102-70)117-53-45(35-85-7)108-76(68(99-21)61(53)93-15)115-51-43(33-83-5)106-74(66(97-19)59(51)91-13)113-49-41(31-81-3)104-72(111-47)64(95-17)57(49)89-11/h23-26,39-78H,27-36H2,1-22H3/t39-,40-,41-,42-,43-,44-,45-,46-,47-,48-,49-,50-,51-,52-,53-,54-,55+,56+,57+,58+,59+,60+,61+,62+,63-,64-,65-,66-,67-,68-,69-,70-,71-,72-,73-,74-,75-,76-,77-,78-/m1/s1. The molecule has 1 aromatic carbocycles. The second-order valence-corrected chi connectivity index (χ2v) is 29.9. The molecule has 31 heterocycles. The van der Waals surface area contributed by atoms with Gasteiger partial charge in [0.15, 0.2) is 50.3 Å². The average Bonchev–Trinajstić information content (AvgIpc) is 0.761. The normalized spacial score (nSPS) is 44.9. The van der Waals surface area contributed by atoms with Crippen LogP contribution in [0.5, 0.6) is 0 Å². The highest BCUT2D eigenvalue weighted by atomic mass is 16.8. The van der Waals surface area contributed by atoms with Gasteiger partial charge in [0.25, 0.3) is 0 Å². The lowest BCUT2D eigenvalue weighted by atomic mass is 9.94. The lowest BCUT2D eigenvalue weighted by Crippen LogP contribution is -2.70. The summed E-state index contributed by atoms with van der Waals surface area (Å²) in [7, 11) is 33.3. The van der Waals surface area contributed by atoms with Crippen LogP contribution in [-0.2, 0) is 203 Å². The van der Waals surface area contributed by atoms with Gasteiger partial charge in [-0.05, 0) is 11.1 Å². The van der Waals surface area contributed by atoms with Crippen molar-refractivity contribution in [1.82, 2.24) is 0 Å². The predicted molar refractivity (Wildman–Crippen MR) is 398 cm³/mol. The van der Waals surface area contributed by atoms with Gasteiger partial charge in [-0.15, -0.1) is 0 Å². The predicted octanol–water partition coefficient (Wildman–Crippen LogP) is -0.254. The van der Waals surface area contributed by atoms with Crippen LogP contribution in [0, 0.1) is 0 Å². The minimum Gasteiger partial charge on any atom is -0.382 e. The molecule has 0 amide bonds. The van der Waals surface area contributed by atoms with Crippen molar-refractivity contribution in [3.05, 3.63) is 35.4 Å². The van der Waals surface area contributed by atoms with Crippen molar-refractivity contribution in [3.8, 4) is 0 Å². The Hall–Kier alpha value is -2.38. The Morgan fingerprint density at radius 3 is 0.534 bits per heavy atom. The highest BCUT2D eigenvalue weighted by Gasteiger charge is 2.63. The van der Waals surface area contributed by atoms with Crippen molar-refractivity contribution < 1.29 is 189 Å². The highest BCUT2D eigenvalue weighted by molar-refractivity contribution is 5.26. The summed E-state index contributed by atoms with van der Waals surface area (Å²) in [4.78, 5) is 0. The summed E-state index contributed by atoms with van der Waals surface area (Å²) < 4.78 is 264. The van der Waals surface area contributed by atoms with Gasteiger partial charge < -0.3 is 189 Å². The van der Waals surface area contributed by atoms with Crippen molar-refractivity contribution >= 4 is 0 Å². The Labute approximate surface area is 690 Å². The average molecular weight is 1710 g/mol. The van der Waals surface area contributed by atoms with Crippen LogP contribution in [0.2, 0.25) is 0 Å². The summed E-state index contributed by atoms with van der Waals surface area (Å²) in [5.74, 6) is 0. The maximum Gasteiger partial charge on any atom is 0.187 e. The lowest BCUT2D eigenvalue weighted by molar-refractivity contribution is -0.411. The van der Waals surface area contributed by atoms with Gasteiger partial charge in [0.2, 0.25) is 0 Å². The van der Waals surface area contributed by atoms with Crippen molar-refractivity contribution in [2.75, 3.05) is 209 Å². The van der Waals surface area contributed by atoms with E-state index in [1.165, 1.54) is 156 Å². The van der Waals surface area contributed by atoms with Gasteiger partial charge in [-0.25, -0.2) is 0 Å². The quantitative estimate of drug-likeness (QED) is 0.0958. The summed E-state index contributed by atoms with van der Waals surface area (Å²) in [6, 6.07) is 7.79. The molecule has 31 aliphatic heterocycles. The lowest BCUT2D eigenvalue weighted by Gasteiger charge is -2.53. The van der Waals surface area contributed by atoms with E-state index in [2.05, 4.69) is 0 Å². The van der Waals surface area contributed by atoms with Crippen molar-refractivity contribution in [2.45, 2.75) is 259 Å². The van der Waals surface area contributed by atoms with Gasteiger partial charge in [0.1, 0.15) is 195 Å². The smallest absolute Gasteiger partial charge is 0.187 e. The number of fused-ring (bicyclic) bond motifs is 1. The molecule has 32 rings (SSSR count). The highest BCUT2D eigenvalue weighted by Crippen LogP contribution is 2.45. The molecule has 0 N–H and O–H groups in total. The molecule has 40 atom stereocenters. The Morgan fingerprint density at radius 2 is 0.347 bits per heavy atom. The molecule has 0 aromatic heterocycles. The molecule has 682 valence electrons. The van der Waals surface area contributed by atoms with Crippen LogP contribution in [0.3, 0.4) is 0 Å². The third-order valence-corrected chi connectivity index (χ3v) is 23.5. The number of ether oxygens (including phenoxy) is 40. The van der Waals surface area contributed by atoms with Crippen molar-refractivity contribution in [1.29, 1.82) is 0 Å². The number of hydrogen-bond donors (Lipinski definition) is 0. The molecule has 1 aromatic rings. The van der Waals surface area contributed by atoms with Gasteiger partial charge >= 0.3 is 0 Å². The van der Waals surface area contributed by atoms with E-state index >= 15 is 0 Å². The second-order valence-electron chi connectivity index (χ2n) is 29.9. The monoisotopic (exact) mass is 1710 g/mol. The third kappa shape index (κ3) is 20.9. The van der Waals surface area contributed by atoms with E-state index in [9.17, 15) is 0 Å². The number of methoxy groups -OCH3 is 22. The zero-order valence-electron chi connectivity index (χ0n) is 71.8. The van der Waals surface area contributed by atoms with Crippen LogP contribution in [-0.4, -0.2) is 455 Å². The van der Waals surface area contributed by atoms with Crippen LogP contribution in [0.4, 0.5) is 0 Å². The van der Waals surface area contributed by atoms with Crippen LogP contribution in [0.25, 0.3) is 0 Å². The zero-order chi connectivity index (χ0) is 84.4. The Balaban J connectivity index is 0.993. The van der Waals surface area contributed by atoms with E-state index in [0.29, 0.717) is 0 Å². The molecule has 30 fully saturated rings. The Bertz CT molecular complexity index is 2980. The largest absolute Gasteiger partial charge is 0.382 e. The molecular weight excluding hydrogens is 1580 g/mol. The minimum absolute atomic E-state index is 0.0615. The second kappa shape index (κ2) is 46.9. The number of benzene rings is 1. The molecule has 16 bridgehead atoms. The van der Waals surface area contributed by atoms with E-state index in [-0.39, 0.29) is 66.1 Å². The first-order valence-electron chi connectivity index (χ1n) is 39.6. The van der Waals surface area contributed by atoms with Gasteiger partial charge in [0, 0.05) is 156 Å². The van der Waals surface area contributed by atoms with E-state index in [4.69, 9.17) is 189 Å². The van der Waals surface area contributed by atoms with Crippen molar-refractivity contribution in [2.24, 2.45) is 0 Å². The number of hydrogen-bond acceptors (Lipinski definition) is 40. The molecule has 0 saturated carbocycles. The van der Waals surface area contributed by atoms with Gasteiger partial charge in [-0.2, -0.15) is 0 Å². The van der Waals surface area contributed by atoms with Crippen LogP contribution >= 0.6 is 0 Å². The summed E-state index contributed by atoms with van der Waals surface area (Å²) in [5.41, 5.74) is 1.74. The van der Waals surface area contributed by atoms with E-state index in [0.717, 1.165) is 11.1 Å². The molecule has 40 nitrogen and oxygen atoms in total. The first kappa shape index (κ1) is 96.3. The first-order chi connectivity index (χ1) is 57.6. The Morgan fingerprint density at radius 1 is 0.186 bits per heavy atom. The fourth-order valence-electron chi connectivity index (χ4n) is 18.0. The fourth-order valence-corrected chi connectivity index (χ4v) is 18.0. The van der Waals surface area contributed by atoms with Gasteiger partial charge in [-0.3, -0.25) is 0 Å². The summed E-state index contributed by atoms with van der Waals surface area (Å²) >= 11 is 0. The molecule has 0 spiro atoms. The topological polar surface area (TPSA) is 369 Å². The molecule has 31 aliphatic rings. The molecular formula is C78H130O40. The molecule has 0 aliphatic carbocycles.